The zero-order chi connectivity index (χ0) is 15.0. The number of nitrogens with two attached hydrogens (primary N) is 1. The van der Waals surface area contributed by atoms with Gasteiger partial charge in [0, 0.05) is 6.04 Å². The summed E-state index contributed by atoms with van der Waals surface area (Å²) in [6.45, 7) is 1.99. The zero-order valence-corrected chi connectivity index (χ0v) is 12.2. The molecule has 2 aliphatic rings. The van der Waals surface area contributed by atoms with Crippen molar-refractivity contribution >= 4 is 5.91 Å². The van der Waals surface area contributed by atoms with Crippen LogP contribution < -0.4 is 15.8 Å². The summed E-state index contributed by atoms with van der Waals surface area (Å²) in [5, 5.41) is 3.39. The highest BCUT2D eigenvalue weighted by molar-refractivity contribution is 5.86. The average molecular weight is 292 g/mol. The highest BCUT2D eigenvalue weighted by atomic mass is 19.1. The van der Waals surface area contributed by atoms with Gasteiger partial charge in [0.15, 0.2) is 0 Å². The Morgan fingerprint density at radius 3 is 2.67 bits per heavy atom. The highest BCUT2D eigenvalue weighted by Crippen LogP contribution is 2.42. The Labute approximate surface area is 123 Å². The molecule has 1 aromatic carbocycles. The molecule has 4 nitrogen and oxygen atoms in total. The van der Waals surface area contributed by atoms with Crippen molar-refractivity contribution in [3.63, 3.8) is 0 Å². The number of rotatable bonds is 7. The third kappa shape index (κ3) is 3.02. The number of hydrogen-bond donors (Lipinski definition) is 2. The van der Waals surface area contributed by atoms with Gasteiger partial charge in [0.2, 0.25) is 5.91 Å². The number of primary amides is 1. The molecule has 1 unspecified atom stereocenters. The molecule has 21 heavy (non-hydrogen) atoms. The molecule has 0 aliphatic heterocycles. The quantitative estimate of drug-likeness (QED) is 0.806. The Morgan fingerprint density at radius 1 is 1.43 bits per heavy atom. The van der Waals surface area contributed by atoms with Crippen LogP contribution in [-0.4, -0.2) is 24.1 Å². The molecular formula is C16H21FN2O2. The molecule has 1 aromatic rings. The Balaban J connectivity index is 1.76. The number of carbonyl (C=O) groups excluding carboxylic acids is 1. The van der Waals surface area contributed by atoms with Crippen LogP contribution in [0, 0.1) is 18.7 Å². The van der Waals surface area contributed by atoms with Crippen LogP contribution in [0.25, 0.3) is 0 Å². The van der Waals surface area contributed by atoms with Gasteiger partial charge in [-0.05, 0) is 62.3 Å². The summed E-state index contributed by atoms with van der Waals surface area (Å²) in [5.41, 5.74) is 5.60. The number of carbonyl (C=O) groups is 1. The van der Waals surface area contributed by atoms with Gasteiger partial charge in [-0.15, -0.1) is 0 Å². The van der Waals surface area contributed by atoms with Crippen LogP contribution in [0.5, 0.6) is 5.75 Å². The third-order valence-electron chi connectivity index (χ3n) is 4.35. The third-order valence-corrected chi connectivity index (χ3v) is 4.35. The number of ether oxygens (including phenoxy) is 1. The SMILES string of the molecule is Cc1cc(F)ccc1OCC(NC1CC1)(C(N)=O)C1CC1. The molecule has 3 rings (SSSR count). The number of hydrogen-bond acceptors (Lipinski definition) is 3. The predicted octanol–water partition coefficient (Wildman–Crippen LogP) is 1.90. The lowest BCUT2D eigenvalue weighted by molar-refractivity contribution is -0.126. The molecule has 0 spiro atoms. The number of nitrogens with one attached hydrogen (secondary N) is 1. The minimum absolute atomic E-state index is 0.204. The van der Waals surface area contributed by atoms with Gasteiger partial charge in [-0.25, -0.2) is 4.39 Å². The van der Waals surface area contributed by atoms with Gasteiger partial charge in [-0.2, -0.15) is 0 Å². The van der Waals surface area contributed by atoms with Crippen LogP contribution in [0.3, 0.4) is 0 Å². The van der Waals surface area contributed by atoms with Crippen molar-refractivity contribution in [2.75, 3.05) is 6.61 Å². The molecule has 1 atom stereocenters. The van der Waals surface area contributed by atoms with E-state index in [4.69, 9.17) is 10.5 Å². The van der Waals surface area contributed by atoms with E-state index >= 15 is 0 Å². The standard InChI is InChI=1S/C16H21FN2O2/c1-10-8-12(17)4-7-14(10)21-9-16(15(18)20,11-2-3-11)19-13-5-6-13/h4,7-8,11,13,19H,2-3,5-6,9H2,1H3,(H2,18,20). The van der Waals surface area contributed by atoms with Crippen molar-refractivity contribution in [1.82, 2.24) is 5.32 Å². The largest absolute Gasteiger partial charge is 0.491 e. The van der Waals surface area contributed by atoms with E-state index in [-0.39, 0.29) is 24.2 Å². The summed E-state index contributed by atoms with van der Waals surface area (Å²) in [6, 6.07) is 4.75. The van der Waals surface area contributed by atoms with E-state index in [1.165, 1.54) is 12.1 Å². The van der Waals surface area contributed by atoms with Crippen molar-refractivity contribution in [3.05, 3.63) is 29.6 Å². The lowest BCUT2D eigenvalue weighted by atomic mass is 9.93. The fraction of sp³-hybridized carbons (Fsp3) is 0.562. The van der Waals surface area contributed by atoms with Gasteiger partial charge >= 0.3 is 0 Å². The molecule has 0 bridgehead atoms. The first kappa shape index (κ1) is 14.3. The van der Waals surface area contributed by atoms with Crippen LogP contribution >= 0.6 is 0 Å². The molecule has 5 heteroatoms. The second kappa shape index (κ2) is 5.30. The Bertz CT molecular complexity index is 555. The number of amides is 1. The second-order valence-corrected chi connectivity index (χ2v) is 6.23. The van der Waals surface area contributed by atoms with Crippen molar-refractivity contribution in [3.8, 4) is 5.75 Å². The maximum absolute atomic E-state index is 13.1. The van der Waals surface area contributed by atoms with Crippen LogP contribution in [0.4, 0.5) is 4.39 Å². The normalized spacial score (nSPS) is 20.9. The zero-order valence-electron chi connectivity index (χ0n) is 12.2. The lowest BCUT2D eigenvalue weighted by Crippen LogP contribution is -2.61. The van der Waals surface area contributed by atoms with E-state index in [9.17, 15) is 9.18 Å². The highest BCUT2D eigenvalue weighted by Gasteiger charge is 2.52. The Hall–Kier alpha value is -1.62. The molecule has 2 fully saturated rings. The summed E-state index contributed by atoms with van der Waals surface area (Å²) < 4.78 is 18.9. The molecule has 0 radical (unpaired) electrons. The number of halogens is 1. The smallest absolute Gasteiger partial charge is 0.241 e. The van der Waals surface area contributed by atoms with E-state index in [1.54, 1.807) is 13.0 Å². The molecule has 0 heterocycles. The molecule has 0 aromatic heterocycles. The summed E-state index contributed by atoms with van der Waals surface area (Å²) in [4.78, 5) is 12.0. The van der Waals surface area contributed by atoms with Gasteiger partial charge in [0.1, 0.15) is 23.7 Å². The molecule has 0 saturated heterocycles. The van der Waals surface area contributed by atoms with Gasteiger partial charge in [0.25, 0.3) is 0 Å². The van der Waals surface area contributed by atoms with Crippen LogP contribution in [0.1, 0.15) is 31.2 Å². The summed E-state index contributed by atoms with van der Waals surface area (Å²) in [5.74, 6) is 0.201. The summed E-state index contributed by atoms with van der Waals surface area (Å²) in [6.07, 6.45) is 4.15. The molecule has 1 amide bonds. The van der Waals surface area contributed by atoms with Crippen LogP contribution in [0.15, 0.2) is 18.2 Å². The van der Waals surface area contributed by atoms with Gasteiger partial charge in [-0.3, -0.25) is 10.1 Å². The van der Waals surface area contributed by atoms with Gasteiger partial charge < -0.3 is 10.5 Å². The monoisotopic (exact) mass is 292 g/mol. The summed E-state index contributed by atoms with van der Waals surface area (Å²) in [7, 11) is 0. The predicted molar refractivity (Wildman–Crippen MR) is 77.4 cm³/mol. The molecule has 2 saturated carbocycles. The van der Waals surface area contributed by atoms with Gasteiger partial charge in [0.05, 0.1) is 0 Å². The van der Waals surface area contributed by atoms with Gasteiger partial charge in [-0.1, -0.05) is 0 Å². The Kier molecular flexibility index (Phi) is 3.61. The maximum atomic E-state index is 13.1. The first-order valence-electron chi connectivity index (χ1n) is 7.48. The first-order valence-corrected chi connectivity index (χ1v) is 7.48. The van der Waals surface area contributed by atoms with E-state index < -0.39 is 5.54 Å². The minimum Gasteiger partial charge on any atom is -0.491 e. The van der Waals surface area contributed by atoms with Crippen LogP contribution in [0.2, 0.25) is 0 Å². The fourth-order valence-electron chi connectivity index (χ4n) is 2.76. The molecular weight excluding hydrogens is 271 g/mol. The molecule has 3 N–H and O–H groups in total. The van der Waals surface area contributed by atoms with Crippen LogP contribution in [-0.2, 0) is 4.79 Å². The van der Waals surface area contributed by atoms with Crippen molar-refractivity contribution in [1.29, 1.82) is 0 Å². The van der Waals surface area contributed by atoms with E-state index in [1.807, 2.05) is 0 Å². The average Bonchev–Trinajstić information content (AvgIpc) is 3.28. The number of aryl methyl sites for hydroxylation is 1. The topological polar surface area (TPSA) is 64.3 Å². The summed E-state index contributed by atoms with van der Waals surface area (Å²) >= 11 is 0. The van der Waals surface area contributed by atoms with Crippen molar-refractivity contribution in [2.45, 2.75) is 44.2 Å². The second-order valence-electron chi connectivity index (χ2n) is 6.23. The minimum atomic E-state index is -0.790. The van der Waals surface area contributed by atoms with Crippen molar-refractivity contribution < 1.29 is 13.9 Å². The van der Waals surface area contributed by atoms with E-state index in [0.717, 1.165) is 31.2 Å². The fourth-order valence-corrected chi connectivity index (χ4v) is 2.76. The van der Waals surface area contributed by atoms with E-state index in [2.05, 4.69) is 5.32 Å². The Morgan fingerprint density at radius 2 is 2.14 bits per heavy atom. The first-order chi connectivity index (χ1) is 10.0. The number of benzene rings is 1. The lowest BCUT2D eigenvalue weighted by Gasteiger charge is -2.32. The maximum Gasteiger partial charge on any atom is 0.241 e. The molecule has 2 aliphatic carbocycles. The molecule has 114 valence electrons. The van der Waals surface area contributed by atoms with E-state index in [0.29, 0.717) is 11.8 Å². The van der Waals surface area contributed by atoms with Crippen molar-refractivity contribution in [2.24, 2.45) is 11.7 Å².